The van der Waals surface area contributed by atoms with E-state index < -0.39 is 0 Å². The predicted octanol–water partition coefficient (Wildman–Crippen LogP) is 1.39. The summed E-state index contributed by atoms with van der Waals surface area (Å²) in [5, 5.41) is 8.62. The number of piperidine rings is 1. The van der Waals surface area contributed by atoms with Gasteiger partial charge in [0.25, 0.3) is 0 Å². The lowest BCUT2D eigenvalue weighted by Gasteiger charge is -2.50. The monoisotopic (exact) mass is 219 g/mol. The summed E-state index contributed by atoms with van der Waals surface area (Å²) in [7, 11) is 0. The molecule has 0 radical (unpaired) electrons. The fraction of sp³-hybridized carbons (Fsp3) is 1.00. The van der Waals surface area contributed by atoms with E-state index in [-0.39, 0.29) is 6.61 Å². The molecule has 4 heteroatoms. The molecule has 2 fully saturated rings. The van der Waals surface area contributed by atoms with Crippen LogP contribution in [0.1, 0.15) is 25.7 Å². The highest BCUT2D eigenvalue weighted by molar-refractivity contribution is 6.13. The zero-order valence-corrected chi connectivity index (χ0v) is 9.17. The fourth-order valence-electron chi connectivity index (χ4n) is 2.61. The van der Waals surface area contributed by atoms with Gasteiger partial charge in [0, 0.05) is 13.1 Å². The average Bonchev–Trinajstić information content (AvgIpc) is 2.14. The lowest BCUT2D eigenvalue weighted by atomic mass is 9.62. The van der Waals surface area contributed by atoms with Crippen molar-refractivity contribution in [2.45, 2.75) is 31.8 Å². The average molecular weight is 220 g/mol. The van der Waals surface area contributed by atoms with Crippen molar-refractivity contribution in [2.75, 3.05) is 26.3 Å². The van der Waals surface area contributed by atoms with Crippen LogP contribution in [0, 0.1) is 5.41 Å². The van der Waals surface area contributed by atoms with E-state index in [1.54, 1.807) is 0 Å². The molecule has 1 heterocycles. The first-order valence-corrected chi connectivity index (χ1v) is 5.71. The predicted molar refractivity (Wildman–Crippen MR) is 55.2 cm³/mol. The van der Waals surface area contributed by atoms with Crippen molar-refractivity contribution in [1.29, 1.82) is 0 Å². The molecule has 14 heavy (non-hydrogen) atoms. The molecule has 3 nitrogen and oxygen atoms in total. The SMILES string of the molecule is OCCOC1CC2(CCN(Cl)CC2)C1. The molecule has 1 aliphatic carbocycles. The van der Waals surface area contributed by atoms with Crippen LogP contribution in [0.5, 0.6) is 0 Å². The van der Waals surface area contributed by atoms with Crippen LogP contribution in [0.15, 0.2) is 0 Å². The van der Waals surface area contributed by atoms with E-state index in [1.807, 2.05) is 4.42 Å². The van der Waals surface area contributed by atoms with Gasteiger partial charge in [0.05, 0.1) is 19.3 Å². The third-order valence-electron chi connectivity index (χ3n) is 3.54. The van der Waals surface area contributed by atoms with Crippen molar-refractivity contribution in [3.05, 3.63) is 0 Å². The van der Waals surface area contributed by atoms with E-state index in [0.29, 0.717) is 18.1 Å². The molecule has 0 aromatic carbocycles. The van der Waals surface area contributed by atoms with Crippen LogP contribution in [0.2, 0.25) is 0 Å². The Morgan fingerprint density at radius 1 is 1.36 bits per heavy atom. The second-order valence-corrected chi connectivity index (χ2v) is 5.01. The van der Waals surface area contributed by atoms with Gasteiger partial charge in [-0.25, -0.2) is 4.42 Å². The van der Waals surface area contributed by atoms with Gasteiger partial charge in [0.2, 0.25) is 0 Å². The molecule has 1 saturated heterocycles. The van der Waals surface area contributed by atoms with Gasteiger partial charge in [-0.05, 0) is 42.9 Å². The Hall–Kier alpha value is 0.170. The first-order valence-electron chi connectivity index (χ1n) is 5.37. The first-order chi connectivity index (χ1) is 6.74. The first kappa shape index (κ1) is 10.7. The van der Waals surface area contributed by atoms with Gasteiger partial charge in [-0.3, -0.25) is 0 Å². The standard InChI is InChI=1S/C10H18ClNO2/c11-12-3-1-10(2-4-12)7-9(8-10)14-6-5-13/h9,13H,1-8H2. The molecule has 82 valence electrons. The largest absolute Gasteiger partial charge is 0.394 e. The summed E-state index contributed by atoms with van der Waals surface area (Å²) in [6, 6.07) is 0. The van der Waals surface area contributed by atoms with Crippen LogP contribution in [-0.4, -0.2) is 41.9 Å². The summed E-state index contributed by atoms with van der Waals surface area (Å²) < 4.78 is 7.37. The third kappa shape index (κ3) is 2.22. The maximum absolute atomic E-state index is 8.62. The summed E-state index contributed by atoms with van der Waals surface area (Å²) in [5.74, 6) is 0. The second kappa shape index (κ2) is 4.35. The highest BCUT2D eigenvalue weighted by atomic mass is 35.5. The number of aliphatic hydroxyl groups excluding tert-OH is 1. The van der Waals surface area contributed by atoms with E-state index in [4.69, 9.17) is 21.6 Å². The number of rotatable bonds is 3. The smallest absolute Gasteiger partial charge is 0.0701 e. The summed E-state index contributed by atoms with van der Waals surface area (Å²) in [4.78, 5) is 0. The number of halogens is 1. The fourth-order valence-corrected chi connectivity index (χ4v) is 2.77. The number of hydrogen-bond acceptors (Lipinski definition) is 3. The molecule has 0 amide bonds. The topological polar surface area (TPSA) is 32.7 Å². The Balaban J connectivity index is 1.70. The van der Waals surface area contributed by atoms with Crippen LogP contribution in [-0.2, 0) is 4.74 Å². The normalized spacial score (nSPS) is 27.9. The van der Waals surface area contributed by atoms with Crippen LogP contribution in [0.3, 0.4) is 0 Å². The molecule has 0 aromatic rings. The van der Waals surface area contributed by atoms with Gasteiger partial charge in [-0.2, -0.15) is 0 Å². The molecule has 0 aromatic heterocycles. The molecule has 1 N–H and O–H groups in total. The Kier molecular flexibility index (Phi) is 3.32. The number of nitrogens with zero attached hydrogens (tertiary/aromatic N) is 1. The molecule has 2 rings (SSSR count). The Morgan fingerprint density at radius 3 is 2.57 bits per heavy atom. The van der Waals surface area contributed by atoms with E-state index in [0.717, 1.165) is 25.9 Å². The summed E-state index contributed by atoms with van der Waals surface area (Å²) in [5.41, 5.74) is 0.519. The molecule has 1 saturated carbocycles. The number of ether oxygens (including phenoxy) is 1. The third-order valence-corrected chi connectivity index (χ3v) is 3.87. The van der Waals surface area contributed by atoms with Crippen molar-refractivity contribution in [3.63, 3.8) is 0 Å². The van der Waals surface area contributed by atoms with E-state index in [9.17, 15) is 0 Å². The highest BCUT2D eigenvalue weighted by Crippen LogP contribution is 2.50. The van der Waals surface area contributed by atoms with Gasteiger partial charge in [0.15, 0.2) is 0 Å². The molecule has 0 unspecified atom stereocenters. The van der Waals surface area contributed by atoms with E-state index >= 15 is 0 Å². The van der Waals surface area contributed by atoms with E-state index in [1.165, 1.54) is 12.8 Å². The van der Waals surface area contributed by atoms with Crippen LogP contribution < -0.4 is 0 Å². The van der Waals surface area contributed by atoms with Gasteiger partial charge in [0.1, 0.15) is 0 Å². The maximum atomic E-state index is 8.62. The molecule has 1 spiro atoms. The van der Waals surface area contributed by atoms with Crippen molar-refractivity contribution < 1.29 is 9.84 Å². The number of aliphatic hydroxyl groups is 1. The van der Waals surface area contributed by atoms with Gasteiger partial charge in [-0.1, -0.05) is 0 Å². The molecule has 0 atom stereocenters. The molecular weight excluding hydrogens is 202 g/mol. The minimum Gasteiger partial charge on any atom is -0.394 e. The van der Waals surface area contributed by atoms with Crippen molar-refractivity contribution in [2.24, 2.45) is 5.41 Å². The Bertz CT molecular complexity index is 185. The molecular formula is C10H18ClNO2. The van der Waals surface area contributed by atoms with Crippen LogP contribution >= 0.6 is 11.8 Å². The maximum Gasteiger partial charge on any atom is 0.0701 e. The second-order valence-electron chi connectivity index (χ2n) is 4.53. The summed E-state index contributed by atoms with van der Waals surface area (Å²) >= 11 is 5.91. The number of hydrogen-bond donors (Lipinski definition) is 1. The minimum atomic E-state index is 0.138. The Morgan fingerprint density at radius 2 is 2.00 bits per heavy atom. The van der Waals surface area contributed by atoms with Crippen molar-refractivity contribution >= 4 is 11.8 Å². The summed E-state index contributed by atoms with van der Waals surface area (Å²) in [6.07, 6.45) is 5.13. The molecule has 0 bridgehead atoms. The quantitative estimate of drug-likeness (QED) is 0.729. The lowest BCUT2D eigenvalue weighted by molar-refractivity contribution is -0.104. The van der Waals surface area contributed by atoms with Gasteiger partial charge >= 0.3 is 0 Å². The molecule has 2 aliphatic rings. The molecule has 1 aliphatic heterocycles. The van der Waals surface area contributed by atoms with Crippen LogP contribution in [0.4, 0.5) is 0 Å². The van der Waals surface area contributed by atoms with Crippen LogP contribution in [0.25, 0.3) is 0 Å². The zero-order valence-electron chi connectivity index (χ0n) is 8.41. The lowest BCUT2D eigenvalue weighted by Crippen LogP contribution is -2.48. The van der Waals surface area contributed by atoms with E-state index in [2.05, 4.69) is 0 Å². The van der Waals surface area contributed by atoms with Crippen molar-refractivity contribution in [3.8, 4) is 0 Å². The van der Waals surface area contributed by atoms with Crippen molar-refractivity contribution in [1.82, 2.24) is 4.42 Å². The summed E-state index contributed by atoms with van der Waals surface area (Å²) in [6.45, 7) is 2.64. The zero-order chi connectivity index (χ0) is 10.0. The van der Waals surface area contributed by atoms with Gasteiger partial charge < -0.3 is 9.84 Å². The Labute approximate surface area is 90.1 Å². The van der Waals surface area contributed by atoms with Gasteiger partial charge in [-0.15, -0.1) is 0 Å². The highest BCUT2D eigenvalue weighted by Gasteiger charge is 2.46. The minimum absolute atomic E-state index is 0.138.